The van der Waals surface area contributed by atoms with Crippen molar-refractivity contribution < 1.29 is 9.13 Å². The molecule has 17 heavy (non-hydrogen) atoms. The fourth-order valence-electron chi connectivity index (χ4n) is 1.48. The Kier molecular flexibility index (Phi) is 3.67. The first kappa shape index (κ1) is 11.5. The fraction of sp³-hybridized carbons (Fsp3) is 0.154. The van der Waals surface area contributed by atoms with Gasteiger partial charge in [0.25, 0.3) is 0 Å². The van der Waals surface area contributed by atoms with E-state index in [-0.39, 0.29) is 5.82 Å². The van der Waals surface area contributed by atoms with Gasteiger partial charge in [0.05, 0.1) is 0 Å². The zero-order valence-electron chi connectivity index (χ0n) is 9.48. The van der Waals surface area contributed by atoms with E-state index < -0.39 is 0 Å². The van der Waals surface area contributed by atoms with Gasteiger partial charge in [-0.15, -0.1) is 0 Å². The number of benzene rings is 1. The van der Waals surface area contributed by atoms with Gasteiger partial charge < -0.3 is 10.1 Å². The summed E-state index contributed by atoms with van der Waals surface area (Å²) in [6.45, 7) is 0.651. The Morgan fingerprint density at radius 3 is 2.94 bits per heavy atom. The van der Waals surface area contributed by atoms with Crippen LogP contribution in [0.15, 0.2) is 42.6 Å². The molecule has 0 aliphatic heterocycles. The molecule has 0 amide bonds. The predicted octanol–water partition coefficient (Wildman–Crippen LogP) is 2.73. The summed E-state index contributed by atoms with van der Waals surface area (Å²) in [5.41, 5.74) is 0.930. The number of hydrogen-bond donors (Lipinski definition) is 1. The van der Waals surface area contributed by atoms with Gasteiger partial charge in [-0.25, -0.2) is 9.37 Å². The average molecular weight is 232 g/mol. The van der Waals surface area contributed by atoms with E-state index in [1.165, 1.54) is 12.1 Å². The molecule has 1 aromatic heterocycles. The quantitative estimate of drug-likeness (QED) is 0.880. The van der Waals surface area contributed by atoms with E-state index in [9.17, 15) is 4.39 Å². The van der Waals surface area contributed by atoms with Crippen LogP contribution in [0.5, 0.6) is 11.6 Å². The molecular formula is C13H13FN2O. The normalized spacial score (nSPS) is 10.2. The number of pyridine rings is 1. The third-order valence-corrected chi connectivity index (χ3v) is 2.23. The summed E-state index contributed by atoms with van der Waals surface area (Å²) >= 11 is 0. The monoisotopic (exact) mass is 232 g/mol. The minimum Gasteiger partial charge on any atom is -0.439 e. The largest absolute Gasteiger partial charge is 0.439 e. The Bertz CT molecular complexity index is 502. The van der Waals surface area contributed by atoms with E-state index in [0.29, 0.717) is 18.2 Å². The van der Waals surface area contributed by atoms with Crippen LogP contribution in [-0.2, 0) is 6.54 Å². The smallest absolute Gasteiger partial charge is 0.223 e. The molecule has 0 unspecified atom stereocenters. The molecule has 2 rings (SSSR count). The Balaban J connectivity index is 2.23. The fourth-order valence-corrected chi connectivity index (χ4v) is 1.48. The Morgan fingerprint density at radius 2 is 2.18 bits per heavy atom. The molecule has 4 heteroatoms. The van der Waals surface area contributed by atoms with Crippen LogP contribution < -0.4 is 10.1 Å². The number of ether oxygens (including phenoxy) is 1. The van der Waals surface area contributed by atoms with Crippen LogP contribution in [0.1, 0.15) is 5.56 Å². The maximum Gasteiger partial charge on any atom is 0.223 e. The summed E-state index contributed by atoms with van der Waals surface area (Å²) in [4.78, 5) is 4.14. The van der Waals surface area contributed by atoms with Crippen molar-refractivity contribution in [3.8, 4) is 11.6 Å². The second kappa shape index (κ2) is 5.41. The lowest BCUT2D eigenvalue weighted by Gasteiger charge is -2.09. The van der Waals surface area contributed by atoms with Crippen LogP contribution >= 0.6 is 0 Å². The minimum atomic E-state index is -0.325. The van der Waals surface area contributed by atoms with Gasteiger partial charge in [-0.3, -0.25) is 0 Å². The molecule has 0 saturated heterocycles. The number of nitrogens with zero attached hydrogens (tertiary/aromatic N) is 1. The molecule has 0 radical (unpaired) electrons. The standard InChI is InChI=1S/C13H13FN2O/c1-15-9-10-4-3-7-16-13(10)17-12-6-2-5-11(14)8-12/h2-8,15H,9H2,1H3. The molecule has 0 saturated carbocycles. The van der Waals surface area contributed by atoms with E-state index in [1.54, 1.807) is 18.3 Å². The maximum absolute atomic E-state index is 13.0. The highest BCUT2D eigenvalue weighted by Gasteiger charge is 2.05. The molecule has 1 aromatic carbocycles. The van der Waals surface area contributed by atoms with Crippen molar-refractivity contribution in [1.82, 2.24) is 10.3 Å². The molecule has 0 aliphatic rings. The highest BCUT2D eigenvalue weighted by molar-refractivity contribution is 5.32. The van der Waals surface area contributed by atoms with Gasteiger partial charge in [0, 0.05) is 24.4 Å². The van der Waals surface area contributed by atoms with Gasteiger partial charge in [0.15, 0.2) is 0 Å². The summed E-state index contributed by atoms with van der Waals surface area (Å²) in [5, 5.41) is 3.03. The Labute approximate surface area is 99.3 Å². The third kappa shape index (κ3) is 3.01. The summed E-state index contributed by atoms with van der Waals surface area (Å²) in [6.07, 6.45) is 1.65. The van der Waals surface area contributed by atoms with Gasteiger partial charge in [0.2, 0.25) is 5.88 Å². The first-order chi connectivity index (χ1) is 8.29. The maximum atomic E-state index is 13.0. The SMILES string of the molecule is CNCc1cccnc1Oc1cccc(F)c1. The van der Waals surface area contributed by atoms with Crippen LogP contribution in [0.4, 0.5) is 4.39 Å². The molecule has 1 heterocycles. The van der Waals surface area contributed by atoms with Crippen molar-refractivity contribution >= 4 is 0 Å². The van der Waals surface area contributed by atoms with E-state index in [0.717, 1.165) is 5.56 Å². The number of rotatable bonds is 4. The van der Waals surface area contributed by atoms with Crippen LogP contribution in [-0.4, -0.2) is 12.0 Å². The van der Waals surface area contributed by atoms with Crippen molar-refractivity contribution in [2.45, 2.75) is 6.54 Å². The lowest BCUT2D eigenvalue weighted by molar-refractivity contribution is 0.450. The highest BCUT2D eigenvalue weighted by Crippen LogP contribution is 2.23. The second-order valence-electron chi connectivity index (χ2n) is 3.56. The van der Waals surface area contributed by atoms with Crippen LogP contribution in [0.3, 0.4) is 0 Å². The number of halogens is 1. The molecule has 0 atom stereocenters. The van der Waals surface area contributed by atoms with Crippen molar-refractivity contribution in [1.29, 1.82) is 0 Å². The highest BCUT2D eigenvalue weighted by atomic mass is 19.1. The summed E-state index contributed by atoms with van der Waals surface area (Å²) in [6, 6.07) is 9.76. The number of hydrogen-bond acceptors (Lipinski definition) is 3. The molecular weight excluding hydrogens is 219 g/mol. The molecule has 1 N–H and O–H groups in total. The van der Waals surface area contributed by atoms with Gasteiger partial charge in [-0.2, -0.15) is 0 Å². The first-order valence-electron chi connectivity index (χ1n) is 5.31. The van der Waals surface area contributed by atoms with Crippen LogP contribution in [0.25, 0.3) is 0 Å². The van der Waals surface area contributed by atoms with Gasteiger partial charge in [-0.1, -0.05) is 12.1 Å². The molecule has 0 spiro atoms. The first-order valence-corrected chi connectivity index (χ1v) is 5.31. The summed E-state index contributed by atoms with van der Waals surface area (Å²) in [7, 11) is 1.85. The lowest BCUT2D eigenvalue weighted by atomic mass is 10.2. The zero-order chi connectivity index (χ0) is 12.1. The Hall–Kier alpha value is -1.94. The van der Waals surface area contributed by atoms with Crippen molar-refractivity contribution in [3.05, 3.63) is 54.0 Å². The molecule has 88 valence electrons. The number of nitrogens with one attached hydrogen (secondary N) is 1. The van der Waals surface area contributed by atoms with E-state index in [2.05, 4.69) is 10.3 Å². The average Bonchev–Trinajstić information content (AvgIpc) is 2.32. The number of aromatic nitrogens is 1. The van der Waals surface area contributed by atoms with Crippen molar-refractivity contribution in [2.75, 3.05) is 7.05 Å². The van der Waals surface area contributed by atoms with Crippen LogP contribution in [0.2, 0.25) is 0 Å². The summed E-state index contributed by atoms with van der Waals surface area (Å²) in [5.74, 6) is 0.613. The van der Waals surface area contributed by atoms with Gasteiger partial charge >= 0.3 is 0 Å². The van der Waals surface area contributed by atoms with Crippen molar-refractivity contribution in [3.63, 3.8) is 0 Å². The lowest BCUT2D eigenvalue weighted by Crippen LogP contribution is -2.07. The predicted molar refractivity (Wildman–Crippen MR) is 63.5 cm³/mol. The second-order valence-corrected chi connectivity index (χ2v) is 3.56. The topological polar surface area (TPSA) is 34.2 Å². The van der Waals surface area contributed by atoms with Crippen LogP contribution in [0, 0.1) is 5.82 Å². The molecule has 3 nitrogen and oxygen atoms in total. The zero-order valence-corrected chi connectivity index (χ0v) is 9.48. The molecule has 0 fully saturated rings. The van der Waals surface area contributed by atoms with Crippen molar-refractivity contribution in [2.24, 2.45) is 0 Å². The molecule has 2 aromatic rings. The van der Waals surface area contributed by atoms with Gasteiger partial charge in [0.1, 0.15) is 11.6 Å². The van der Waals surface area contributed by atoms with E-state index in [4.69, 9.17) is 4.74 Å². The molecule has 0 bridgehead atoms. The van der Waals surface area contributed by atoms with Gasteiger partial charge in [-0.05, 0) is 25.2 Å². The van der Waals surface area contributed by atoms with E-state index >= 15 is 0 Å². The molecule has 0 aliphatic carbocycles. The summed E-state index contributed by atoms with van der Waals surface area (Å²) < 4.78 is 18.6. The Morgan fingerprint density at radius 1 is 1.29 bits per heavy atom. The third-order valence-electron chi connectivity index (χ3n) is 2.23. The minimum absolute atomic E-state index is 0.325. The van der Waals surface area contributed by atoms with E-state index in [1.807, 2.05) is 19.2 Å².